The molecule has 6 nitrogen and oxygen atoms in total. The molecule has 0 saturated heterocycles. The van der Waals surface area contributed by atoms with E-state index in [1.165, 1.54) is 0 Å². The fourth-order valence-electron chi connectivity index (χ4n) is 5.33. The SMILES string of the molecule is c1ccc(-c2nc(-c3cccc(-c4ccc5ccc6cccnc6c5n4)c3)nc(-c3cccc4cccnc34)n2)cc1. The summed E-state index contributed by atoms with van der Waals surface area (Å²) in [6.07, 6.45) is 3.61. The maximum Gasteiger partial charge on any atom is 0.166 e. The fourth-order valence-corrected chi connectivity index (χ4v) is 5.33. The van der Waals surface area contributed by atoms with Crippen LogP contribution in [0.3, 0.4) is 0 Å². The van der Waals surface area contributed by atoms with Gasteiger partial charge in [0.05, 0.1) is 22.2 Å². The highest BCUT2D eigenvalue weighted by atomic mass is 15.0. The van der Waals surface area contributed by atoms with Gasteiger partial charge in [-0.2, -0.15) is 0 Å². The second-order valence-electron chi connectivity index (χ2n) is 10.0. The van der Waals surface area contributed by atoms with Gasteiger partial charge >= 0.3 is 0 Å². The second-order valence-corrected chi connectivity index (χ2v) is 10.0. The maximum atomic E-state index is 5.05. The molecule has 0 amide bonds. The van der Waals surface area contributed by atoms with Crippen molar-refractivity contribution in [1.82, 2.24) is 29.9 Å². The van der Waals surface area contributed by atoms with Gasteiger partial charge in [0.1, 0.15) is 0 Å². The largest absolute Gasteiger partial charge is 0.255 e. The molecule has 0 atom stereocenters. The van der Waals surface area contributed by atoms with Gasteiger partial charge in [0, 0.05) is 50.8 Å². The van der Waals surface area contributed by atoms with Gasteiger partial charge in [-0.3, -0.25) is 9.97 Å². The Labute approximate surface area is 241 Å². The molecule has 4 aromatic carbocycles. The van der Waals surface area contributed by atoms with Crippen LogP contribution in [0.1, 0.15) is 0 Å². The Kier molecular flexibility index (Phi) is 5.67. The molecule has 0 fully saturated rings. The third-order valence-corrected chi connectivity index (χ3v) is 7.39. The van der Waals surface area contributed by atoms with Crippen LogP contribution in [0.25, 0.3) is 78.1 Å². The summed E-state index contributed by atoms with van der Waals surface area (Å²) in [5, 5.41) is 3.15. The third kappa shape index (κ3) is 4.22. The first kappa shape index (κ1) is 24.0. The van der Waals surface area contributed by atoms with Crippen LogP contribution < -0.4 is 0 Å². The van der Waals surface area contributed by atoms with E-state index in [0.29, 0.717) is 17.5 Å². The first-order valence-electron chi connectivity index (χ1n) is 13.7. The molecule has 4 heterocycles. The van der Waals surface area contributed by atoms with Crippen LogP contribution in [0.4, 0.5) is 0 Å². The number of para-hydroxylation sites is 1. The van der Waals surface area contributed by atoms with E-state index >= 15 is 0 Å². The number of rotatable bonds is 4. The van der Waals surface area contributed by atoms with Crippen molar-refractivity contribution in [3.05, 3.63) is 134 Å². The zero-order chi connectivity index (χ0) is 27.9. The molecular formula is C36H22N6. The lowest BCUT2D eigenvalue weighted by molar-refractivity contribution is 1.07. The quantitative estimate of drug-likeness (QED) is 0.210. The van der Waals surface area contributed by atoms with Crippen molar-refractivity contribution in [2.45, 2.75) is 0 Å². The predicted octanol–water partition coefficient (Wildman–Crippen LogP) is 8.18. The van der Waals surface area contributed by atoms with Crippen LogP contribution in [0.5, 0.6) is 0 Å². The zero-order valence-electron chi connectivity index (χ0n) is 22.4. The van der Waals surface area contributed by atoms with E-state index in [1.54, 1.807) is 6.20 Å². The van der Waals surface area contributed by atoms with E-state index in [-0.39, 0.29) is 0 Å². The Balaban J connectivity index is 1.30. The zero-order valence-corrected chi connectivity index (χ0v) is 22.4. The fraction of sp³-hybridized carbons (Fsp3) is 0. The molecule has 6 heteroatoms. The van der Waals surface area contributed by atoms with Gasteiger partial charge in [0.2, 0.25) is 0 Å². The monoisotopic (exact) mass is 538 g/mol. The smallest absolute Gasteiger partial charge is 0.166 e. The Bertz CT molecular complexity index is 2260. The number of hydrogen-bond acceptors (Lipinski definition) is 6. The summed E-state index contributed by atoms with van der Waals surface area (Å²) in [6.45, 7) is 0. The third-order valence-electron chi connectivity index (χ3n) is 7.39. The lowest BCUT2D eigenvalue weighted by Gasteiger charge is -2.11. The molecule has 0 saturated carbocycles. The lowest BCUT2D eigenvalue weighted by Crippen LogP contribution is -2.01. The van der Waals surface area contributed by atoms with Crippen LogP contribution >= 0.6 is 0 Å². The average molecular weight is 539 g/mol. The molecule has 4 aromatic heterocycles. The van der Waals surface area contributed by atoms with Crippen molar-refractivity contribution in [2.24, 2.45) is 0 Å². The summed E-state index contributed by atoms with van der Waals surface area (Å²) in [5.74, 6) is 1.77. The number of hydrogen-bond donors (Lipinski definition) is 0. The van der Waals surface area contributed by atoms with Gasteiger partial charge in [0.15, 0.2) is 17.5 Å². The first-order chi connectivity index (χ1) is 20.8. The highest BCUT2D eigenvalue weighted by molar-refractivity contribution is 6.03. The summed E-state index contributed by atoms with van der Waals surface area (Å²) in [5.41, 5.74) is 7.11. The van der Waals surface area contributed by atoms with Crippen LogP contribution in [0.2, 0.25) is 0 Å². The Morgan fingerprint density at radius 3 is 1.79 bits per heavy atom. The normalized spacial score (nSPS) is 11.3. The van der Waals surface area contributed by atoms with Gasteiger partial charge in [-0.05, 0) is 30.3 Å². The minimum Gasteiger partial charge on any atom is -0.255 e. The molecular weight excluding hydrogens is 516 g/mol. The minimum absolute atomic E-state index is 0.579. The molecule has 0 aliphatic carbocycles. The second kappa shape index (κ2) is 9.94. The number of fused-ring (bicyclic) bond motifs is 4. The number of pyridine rings is 3. The van der Waals surface area contributed by atoms with E-state index in [0.717, 1.165) is 60.7 Å². The summed E-state index contributed by atoms with van der Waals surface area (Å²) in [6, 6.07) is 40.6. The van der Waals surface area contributed by atoms with Gasteiger partial charge in [-0.1, -0.05) is 91.0 Å². The van der Waals surface area contributed by atoms with Crippen LogP contribution in [-0.4, -0.2) is 29.9 Å². The lowest BCUT2D eigenvalue weighted by atomic mass is 10.0. The molecule has 0 radical (unpaired) electrons. The molecule has 0 N–H and O–H groups in total. The molecule has 0 aliphatic heterocycles. The van der Waals surface area contributed by atoms with Crippen molar-refractivity contribution < 1.29 is 0 Å². The molecule has 0 aliphatic rings. The van der Waals surface area contributed by atoms with E-state index < -0.39 is 0 Å². The van der Waals surface area contributed by atoms with Crippen LogP contribution in [-0.2, 0) is 0 Å². The highest BCUT2D eigenvalue weighted by Crippen LogP contribution is 2.31. The molecule has 8 aromatic rings. The standard InChI is InChI=1S/C36H22N6/c1-2-8-26(9-3-1)34-40-35(42-36(41-34)29-15-5-10-23-13-6-20-37-31(23)29)28-12-4-11-27(22-28)30-19-18-25-17-16-24-14-7-21-38-32(24)33(25)39-30/h1-22H. The van der Waals surface area contributed by atoms with Crippen LogP contribution in [0.15, 0.2) is 134 Å². The molecule has 196 valence electrons. The Morgan fingerprint density at radius 2 is 0.952 bits per heavy atom. The van der Waals surface area contributed by atoms with E-state index in [4.69, 9.17) is 19.9 Å². The van der Waals surface area contributed by atoms with Crippen molar-refractivity contribution in [3.63, 3.8) is 0 Å². The molecule has 8 rings (SSSR count). The Hall–Kier alpha value is -5.88. The van der Waals surface area contributed by atoms with Gasteiger partial charge in [0.25, 0.3) is 0 Å². The number of benzene rings is 4. The average Bonchev–Trinajstić information content (AvgIpc) is 3.08. The first-order valence-corrected chi connectivity index (χ1v) is 13.7. The van der Waals surface area contributed by atoms with Crippen molar-refractivity contribution in [1.29, 1.82) is 0 Å². The maximum absolute atomic E-state index is 5.05. The van der Waals surface area contributed by atoms with Crippen molar-refractivity contribution >= 4 is 32.7 Å². The molecule has 0 spiro atoms. The van der Waals surface area contributed by atoms with Crippen LogP contribution in [0, 0.1) is 0 Å². The van der Waals surface area contributed by atoms with E-state index in [2.05, 4.69) is 46.4 Å². The minimum atomic E-state index is 0.579. The van der Waals surface area contributed by atoms with Crippen molar-refractivity contribution in [3.8, 4) is 45.4 Å². The predicted molar refractivity (Wildman–Crippen MR) is 167 cm³/mol. The Morgan fingerprint density at radius 1 is 0.357 bits per heavy atom. The van der Waals surface area contributed by atoms with Crippen molar-refractivity contribution in [2.75, 3.05) is 0 Å². The number of aromatic nitrogens is 6. The van der Waals surface area contributed by atoms with E-state index in [1.807, 2.05) is 91.1 Å². The van der Waals surface area contributed by atoms with Gasteiger partial charge in [-0.25, -0.2) is 19.9 Å². The topological polar surface area (TPSA) is 77.3 Å². The highest BCUT2D eigenvalue weighted by Gasteiger charge is 2.15. The van der Waals surface area contributed by atoms with Gasteiger partial charge < -0.3 is 0 Å². The summed E-state index contributed by atoms with van der Waals surface area (Å²) < 4.78 is 0. The summed E-state index contributed by atoms with van der Waals surface area (Å²) in [4.78, 5) is 29.1. The summed E-state index contributed by atoms with van der Waals surface area (Å²) >= 11 is 0. The molecule has 0 unspecified atom stereocenters. The van der Waals surface area contributed by atoms with E-state index in [9.17, 15) is 0 Å². The molecule has 0 bridgehead atoms. The number of nitrogens with zero attached hydrogens (tertiary/aromatic N) is 6. The summed E-state index contributed by atoms with van der Waals surface area (Å²) in [7, 11) is 0. The van der Waals surface area contributed by atoms with Gasteiger partial charge in [-0.15, -0.1) is 0 Å². The molecule has 42 heavy (non-hydrogen) atoms.